The molecule has 0 aliphatic carbocycles. The number of carboxylic acids is 1. The molecule has 1 aliphatic rings. The van der Waals surface area contributed by atoms with Gasteiger partial charge in [0, 0.05) is 30.1 Å². The Labute approximate surface area is 177 Å². The molecule has 0 saturated carbocycles. The molecule has 7 nitrogen and oxygen atoms in total. The third kappa shape index (κ3) is 6.45. The number of thiazole rings is 1. The summed E-state index contributed by atoms with van der Waals surface area (Å²) in [5.74, 6) is 0.497. The molecule has 3 rings (SSSR count). The highest BCUT2D eigenvalue weighted by Crippen LogP contribution is 2.27. The highest BCUT2D eigenvalue weighted by Gasteiger charge is 2.30. The Balaban J connectivity index is 1.40. The van der Waals surface area contributed by atoms with E-state index >= 15 is 0 Å². The summed E-state index contributed by atoms with van der Waals surface area (Å²) in [7, 11) is 0. The summed E-state index contributed by atoms with van der Waals surface area (Å²) >= 11 is 2.76. The summed E-state index contributed by atoms with van der Waals surface area (Å²) in [6, 6.07) is 9.51. The predicted molar refractivity (Wildman–Crippen MR) is 112 cm³/mol. The van der Waals surface area contributed by atoms with E-state index < -0.39 is 12.1 Å². The molecule has 1 saturated heterocycles. The van der Waals surface area contributed by atoms with E-state index in [0.29, 0.717) is 29.5 Å². The van der Waals surface area contributed by atoms with Crippen molar-refractivity contribution in [2.45, 2.75) is 42.2 Å². The standard InChI is InChI=1S/C20H24N2O5S2/c23-15(12-27-16-4-2-1-3-5-16)8-6-14-7-9-18(24)22(14)10-11-28-20-21-17(13-29-20)19(25)26/h1-5,13-15,23H,6-12H2,(H,25,26)/t14-,15?/m0/s1. The molecule has 2 atom stereocenters. The molecule has 1 aromatic heterocycles. The Morgan fingerprint density at radius 2 is 2.17 bits per heavy atom. The number of hydrogen-bond donors (Lipinski definition) is 2. The molecular weight excluding hydrogens is 412 g/mol. The minimum absolute atomic E-state index is 0.0549. The number of aromatic carboxylic acids is 1. The van der Waals surface area contributed by atoms with Crippen LogP contribution in [0.2, 0.25) is 0 Å². The fourth-order valence-electron chi connectivity index (χ4n) is 3.23. The van der Waals surface area contributed by atoms with Gasteiger partial charge in [-0.2, -0.15) is 0 Å². The molecule has 1 unspecified atom stereocenters. The number of thioether (sulfide) groups is 1. The first-order valence-electron chi connectivity index (χ1n) is 9.50. The summed E-state index contributed by atoms with van der Waals surface area (Å²) in [4.78, 5) is 29.0. The summed E-state index contributed by atoms with van der Waals surface area (Å²) < 4.78 is 6.28. The SMILES string of the molecule is O=C(O)c1csc(SCCN2C(=O)CC[C@@H]2CCC(O)COc2ccccc2)n1. The number of amides is 1. The first kappa shape index (κ1) is 21.6. The molecule has 2 N–H and O–H groups in total. The number of benzene rings is 1. The average molecular weight is 437 g/mol. The van der Waals surface area contributed by atoms with Crippen LogP contribution in [0.25, 0.3) is 0 Å². The van der Waals surface area contributed by atoms with Crippen molar-refractivity contribution in [1.29, 1.82) is 0 Å². The molecular formula is C20H24N2O5S2. The van der Waals surface area contributed by atoms with Crippen molar-refractivity contribution >= 4 is 35.0 Å². The lowest BCUT2D eigenvalue weighted by Crippen LogP contribution is -2.35. The lowest BCUT2D eigenvalue weighted by atomic mass is 10.1. The van der Waals surface area contributed by atoms with Crippen LogP contribution in [-0.4, -0.2) is 63.0 Å². The number of likely N-dealkylation sites (tertiary alicyclic amines) is 1. The summed E-state index contributed by atoms with van der Waals surface area (Å²) in [6.45, 7) is 0.823. The zero-order valence-corrected chi connectivity index (χ0v) is 17.5. The minimum atomic E-state index is -1.03. The van der Waals surface area contributed by atoms with Gasteiger partial charge in [0.2, 0.25) is 5.91 Å². The molecule has 9 heteroatoms. The second kappa shape index (κ2) is 10.6. The van der Waals surface area contributed by atoms with Crippen molar-refractivity contribution in [3.05, 3.63) is 41.4 Å². The smallest absolute Gasteiger partial charge is 0.355 e. The van der Waals surface area contributed by atoms with Gasteiger partial charge in [0.1, 0.15) is 12.4 Å². The number of para-hydroxylation sites is 1. The van der Waals surface area contributed by atoms with Gasteiger partial charge in [0.25, 0.3) is 0 Å². The molecule has 2 heterocycles. The third-order valence-corrected chi connectivity index (χ3v) is 6.73. The maximum Gasteiger partial charge on any atom is 0.355 e. The van der Waals surface area contributed by atoms with E-state index in [1.807, 2.05) is 35.2 Å². The number of aromatic nitrogens is 1. The van der Waals surface area contributed by atoms with Crippen molar-refractivity contribution in [2.75, 3.05) is 18.9 Å². The number of ether oxygens (including phenoxy) is 1. The molecule has 2 aromatic rings. The summed E-state index contributed by atoms with van der Waals surface area (Å²) in [5, 5.41) is 20.7. The summed E-state index contributed by atoms with van der Waals surface area (Å²) in [6.07, 6.45) is 2.06. The van der Waals surface area contributed by atoms with Crippen LogP contribution in [0.15, 0.2) is 40.1 Å². The maximum atomic E-state index is 12.2. The second-order valence-electron chi connectivity index (χ2n) is 6.79. The van der Waals surface area contributed by atoms with Crippen molar-refractivity contribution in [2.24, 2.45) is 0 Å². The zero-order chi connectivity index (χ0) is 20.6. The number of nitrogens with zero attached hydrogens (tertiary/aromatic N) is 2. The largest absolute Gasteiger partial charge is 0.491 e. The van der Waals surface area contributed by atoms with Crippen molar-refractivity contribution in [3.63, 3.8) is 0 Å². The van der Waals surface area contributed by atoms with Gasteiger partial charge in [0.15, 0.2) is 10.0 Å². The number of hydrogen-bond acceptors (Lipinski definition) is 7. The van der Waals surface area contributed by atoms with Crippen LogP contribution in [0.4, 0.5) is 0 Å². The van der Waals surface area contributed by atoms with Crippen molar-refractivity contribution in [1.82, 2.24) is 9.88 Å². The molecule has 0 spiro atoms. The van der Waals surface area contributed by atoms with Crippen molar-refractivity contribution in [3.8, 4) is 5.75 Å². The van der Waals surface area contributed by atoms with E-state index in [-0.39, 0.29) is 24.2 Å². The van der Waals surface area contributed by atoms with Crippen LogP contribution >= 0.6 is 23.1 Å². The number of carboxylic acid groups (broad SMARTS) is 1. The Morgan fingerprint density at radius 3 is 2.90 bits per heavy atom. The van der Waals surface area contributed by atoms with E-state index in [4.69, 9.17) is 9.84 Å². The van der Waals surface area contributed by atoms with Gasteiger partial charge in [0.05, 0.1) is 6.10 Å². The van der Waals surface area contributed by atoms with Gasteiger partial charge >= 0.3 is 5.97 Å². The molecule has 0 bridgehead atoms. The number of aliphatic hydroxyl groups is 1. The minimum Gasteiger partial charge on any atom is -0.491 e. The van der Waals surface area contributed by atoms with Gasteiger partial charge in [-0.1, -0.05) is 30.0 Å². The highest BCUT2D eigenvalue weighted by atomic mass is 32.2. The first-order valence-corrected chi connectivity index (χ1v) is 11.4. The number of aliphatic hydroxyl groups excluding tert-OH is 1. The van der Waals surface area contributed by atoms with Gasteiger partial charge in [-0.05, 0) is 31.4 Å². The monoisotopic (exact) mass is 436 g/mol. The number of carbonyl (C=O) groups is 2. The van der Waals surface area contributed by atoms with Gasteiger partial charge in [-0.15, -0.1) is 11.3 Å². The van der Waals surface area contributed by atoms with Crippen LogP contribution in [0.3, 0.4) is 0 Å². The van der Waals surface area contributed by atoms with Gasteiger partial charge in [-0.3, -0.25) is 4.79 Å². The molecule has 0 radical (unpaired) electrons. The molecule has 1 aromatic carbocycles. The molecule has 156 valence electrons. The van der Waals surface area contributed by atoms with Crippen LogP contribution in [0.1, 0.15) is 36.2 Å². The first-order chi connectivity index (χ1) is 14.0. The molecule has 29 heavy (non-hydrogen) atoms. The summed E-state index contributed by atoms with van der Waals surface area (Å²) in [5.41, 5.74) is 0.0549. The average Bonchev–Trinajstić information content (AvgIpc) is 3.33. The normalized spacial score (nSPS) is 17.5. The molecule has 1 aliphatic heterocycles. The lowest BCUT2D eigenvalue weighted by molar-refractivity contribution is -0.128. The number of rotatable bonds is 11. The molecule has 1 fully saturated rings. The van der Waals surface area contributed by atoms with Crippen LogP contribution in [0, 0.1) is 0 Å². The Hall–Kier alpha value is -2.10. The van der Waals surface area contributed by atoms with E-state index in [1.54, 1.807) is 0 Å². The molecule has 1 amide bonds. The Morgan fingerprint density at radius 1 is 1.38 bits per heavy atom. The predicted octanol–water partition coefficient (Wildman–Crippen LogP) is 3.14. The van der Waals surface area contributed by atoms with Gasteiger partial charge in [-0.25, -0.2) is 9.78 Å². The zero-order valence-electron chi connectivity index (χ0n) is 15.9. The lowest BCUT2D eigenvalue weighted by Gasteiger charge is -2.25. The van der Waals surface area contributed by atoms with E-state index in [1.165, 1.54) is 28.5 Å². The van der Waals surface area contributed by atoms with E-state index in [2.05, 4.69) is 4.98 Å². The second-order valence-corrected chi connectivity index (χ2v) is 8.99. The van der Waals surface area contributed by atoms with Gasteiger partial charge < -0.3 is 19.8 Å². The van der Waals surface area contributed by atoms with Crippen LogP contribution in [-0.2, 0) is 4.79 Å². The Kier molecular flexibility index (Phi) is 7.91. The fourth-order valence-corrected chi connectivity index (χ4v) is 5.04. The van der Waals surface area contributed by atoms with Crippen LogP contribution < -0.4 is 4.74 Å². The number of carbonyl (C=O) groups excluding carboxylic acids is 1. The highest BCUT2D eigenvalue weighted by molar-refractivity contribution is 8.01. The fraction of sp³-hybridized carbons (Fsp3) is 0.450. The Bertz CT molecular complexity index is 814. The van der Waals surface area contributed by atoms with E-state index in [9.17, 15) is 14.7 Å². The van der Waals surface area contributed by atoms with Crippen LogP contribution in [0.5, 0.6) is 5.75 Å². The van der Waals surface area contributed by atoms with E-state index in [0.717, 1.165) is 18.6 Å². The maximum absolute atomic E-state index is 12.2. The topological polar surface area (TPSA) is 100.0 Å². The third-order valence-electron chi connectivity index (χ3n) is 4.73. The van der Waals surface area contributed by atoms with Crippen molar-refractivity contribution < 1.29 is 24.5 Å². The quantitative estimate of drug-likeness (QED) is 0.522.